The smallest absolute Gasteiger partial charge is 0.251 e. The fourth-order valence-electron chi connectivity index (χ4n) is 3.25. The van der Waals surface area contributed by atoms with Crippen molar-refractivity contribution in [1.29, 1.82) is 0 Å². The Kier molecular flexibility index (Phi) is 5.75. The zero-order valence-corrected chi connectivity index (χ0v) is 15.7. The molecule has 3 rings (SSSR count). The first-order valence-electron chi connectivity index (χ1n) is 8.75. The van der Waals surface area contributed by atoms with Gasteiger partial charge in [0.15, 0.2) is 11.5 Å². The van der Waals surface area contributed by atoms with Crippen molar-refractivity contribution < 1.29 is 19.4 Å². The van der Waals surface area contributed by atoms with Crippen LogP contribution in [0.4, 0.5) is 5.82 Å². The number of anilines is 1. The number of nitrogens with one attached hydrogen (secondary N) is 1. The summed E-state index contributed by atoms with van der Waals surface area (Å²) in [6, 6.07) is 6.51. The van der Waals surface area contributed by atoms with Gasteiger partial charge in [-0.05, 0) is 31.5 Å². The molecule has 1 saturated heterocycles. The zero-order valence-electron chi connectivity index (χ0n) is 15.7. The van der Waals surface area contributed by atoms with Gasteiger partial charge >= 0.3 is 0 Å². The predicted molar refractivity (Wildman–Crippen MR) is 100 cm³/mol. The molecule has 0 radical (unpaired) electrons. The van der Waals surface area contributed by atoms with Crippen LogP contribution >= 0.6 is 0 Å². The molecule has 1 aromatic carbocycles. The second-order valence-corrected chi connectivity index (χ2v) is 6.51. The minimum absolute atomic E-state index is 0.00177. The number of hydrogen-bond acceptors (Lipinski definition) is 7. The summed E-state index contributed by atoms with van der Waals surface area (Å²) >= 11 is 0. The van der Waals surface area contributed by atoms with Crippen LogP contribution in [0.15, 0.2) is 30.6 Å². The van der Waals surface area contributed by atoms with Gasteiger partial charge < -0.3 is 24.8 Å². The molecule has 1 aliphatic heterocycles. The maximum atomic E-state index is 12.5. The quantitative estimate of drug-likeness (QED) is 0.793. The molecule has 8 nitrogen and oxygen atoms in total. The van der Waals surface area contributed by atoms with E-state index in [1.54, 1.807) is 19.5 Å². The third-order valence-corrected chi connectivity index (χ3v) is 4.73. The van der Waals surface area contributed by atoms with Crippen molar-refractivity contribution in [2.75, 3.05) is 32.2 Å². The molecule has 2 atom stereocenters. The van der Waals surface area contributed by atoms with Gasteiger partial charge in [-0.15, -0.1) is 0 Å². The molecular formula is C19H24N4O4. The van der Waals surface area contributed by atoms with Gasteiger partial charge in [0.1, 0.15) is 12.1 Å². The van der Waals surface area contributed by atoms with Gasteiger partial charge in [-0.1, -0.05) is 0 Å². The van der Waals surface area contributed by atoms with E-state index in [1.165, 1.54) is 19.2 Å². The van der Waals surface area contributed by atoms with Crippen LogP contribution in [0.3, 0.4) is 0 Å². The van der Waals surface area contributed by atoms with Gasteiger partial charge in [-0.25, -0.2) is 9.97 Å². The molecule has 27 heavy (non-hydrogen) atoms. The number of phenolic OH excluding ortho intramolecular Hbond substituents is 1. The molecular weight excluding hydrogens is 348 g/mol. The Morgan fingerprint density at radius 3 is 2.85 bits per heavy atom. The Labute approximate surface area is 158 Å². The Balaban J connectivity index is 1.70. The van der Waals surface area contributed by atoms with Crippen molar-refractivity contribution in [1.82, 2.24) is 15.3 Å². The number of carbonyl (C=O) groups is 1. The first kappa shape index (κ1) is 18.9. The van der Waals surface area contributed by atoms with E-state index in [4.69, 9.17) is 9.47 Å². The maximum Gasteiger partial charge on any atom is 0.251 e. The third kappa shape index (κ3) is 4.28. The second-order valence-electron chi connectivity index (χ2n) is 6.51. The average Bonchev–Trinajstić information content (AvgIpc) is 3.10. The fourth-order valence-corrected chi connectivity index (χ4v) is 3.25. The number of nitrogens with zero attached hydrogens (tertiary/aromatic N) is 3. The lowest BCUT2D eigenvalue weighted by Crippen LogP contribution is -2.40. The number of carbonyl (C=O) groups excluding carboxylic acids is 1. The lowest BCUT2D eigenvalue weighted by Gasteiger charge is -2.25. The third-order valence-electron chi connectivity index (χ3n) is 4.73. The monoisotopic (exact) mass is 372 g/mol. The average molecular weight is 372 g/mol. The van der Waals surface area contributed by atoms with Crippen LogP contribution in [0.5, 0.6) is 11.5 Å². The molecule has 2 aromatic rings. The number of aromatic nitrogens is 2. The van der Waals surface area contributed by atoms with Crippen LogP contribution in [-0.2, 0) is 4.74 Å². The molecule has 1 fully saturated rings. The van der Waals surface area contributed by atoms with Gasteiger partial charge in [-0.3, -0.25) is 4.79 Å². The molecule has 1 aliphatic rings. The number of amides is 1. The Hall–Kier alpha value is -2.87. The molecule has 144 valence electrons. The highest BCUT2D eigenvalue weighted by molar-refractivity contribution is 5.94. The number of phenols is 1. The van der Waals surface area contributed by atoms with Gasteiger partial charge in [0.05, 0.1) is 19.3 Å². The van der Waals surface area contributed by atoms with Crippen LogP contribution in [0.1, 0.15) is 22.5 Å². The van der Waals surface area contributed by atoms with Gasteiger partial charge in [0.2, 0.25) is 0 Å². The minimum atomic E-state index is -0.229. The topological polar surface area (TPSA) is 96.8 Å². The van der Waals surface area contributed by atoms with Gasteiger partial charge in [-0.2, -0.15) is 0 Å². The first-order chi connectivity index (χ1) is 13.0. The number of benzene rings is 1. The SMILES string of the molecule is COc1cc(C(=O)NC[C@H]2C[C@@H](OC)CN2c2cc(C)ncn2)ccc1O. The van der Waals surface area contributed by atoms with E-state index in [-0.39, 0.29) is 29.6 Å². The van der Waals surface area contributed by atoms with E-state index in [0.717, 1.165) is 17.9 Å². The normalized spacial score (nSPS) is 19.1. The van der Waals surface area contributed by atoms with Crippen LogP contribution in [0.25, 0.3) is 0 Å². The number of hydrogen-bond donors (Lipinski definition) is 2. The summed E-state index contributed by atoms with van der Waals surface area (Å²) in [5.74, 6) is 0.861. The zero-order chi connectivity index (χ0) is 19.4. The standard InChI is InChI=1S/C19H24N4O4/c1-12-6-18(22-11-21-12)23-10-15(26-2)8-14(23)9-20-19(25)13-4-5-16(24)17(7-13)27-3/h4-7,11,14-15,24H,8-10H2,1-3H3,(H,20,25)/t14-,15-/m1/s1. The number of methoxy groups -OCH3 is 2. The lowest BCUT2D eigenvalue weighted by molar-refractivity contribution is 0.0946. The first-order valence-corrected chi connectivity index (χ1v) is 8.75. The summed E-state index contributed by atoms with van der Waals surface area (Å²) in [5, 5.41) is 12.6. The number of aryl methyl sites for hydroxylation is 1. The van der Waals surface area contributed by atoms with Gasteiger partial charge in [0.25, 0.3) is 5.91 Å². The fraction of sp³-hybridized carbons (Fsp3) is 0.421. The van der Waals surface area contributed by atoms with E-state index in [1.807, 2.05) is 13.0 Å². The molecule has 0 saturated carbocycles. The summed E-state index contributed by atoms with van der Waals surface area (Å²) in [6.45, 7) is 3.08. The van der Waals surface area contributed by atoms with Crippen molar-refractivity contribution in [3.05, 3.63) is 41.9 Å². The summed E-state index contributed by atoms with van der Waals surface area (Å²) in [6.07, 6.45) is 2.41. The summed E-state index contributed by atoms with van der Waals surface area (Å²) in [4.78, 5) is 23.1. The molecule has 8 heteroatoms. The maximum absolute atomic E-state index is 12.5. The lowest BCUT2D eigenvalue weighted by atomic mass is 10.1. The summed E-state index contributed by atoms with van der Waals surface area (Å²) in [5.41, 5.74) is 1.32. The second kappa shape index (κ2) is 8.22. The molecule has 0 unspecified atom stereocenters. The van der Waals surface area contributed by atoms with E-state index in [0.29, 0.717) is 18.7 Å². The highest BCUT2D eigenvalue weighted by Gasteiger charge is 2.33. The number of aromatic hydroxyl groups is 1. The van der Waals surface area contributed by atoms with Gasteiger partial charge in [0, 0.05) is 37.5 Å². The van der Waals surface area contributed by atoms with E-state index < -0.39 is 0 Å². The van der Waals surface area contributed by atoms with Crippen molar-refractivity contribution in [3.63, 3.8) is 0 Å². The Bertz CT molecular complexity index is 814. The molecule has 0 aliphatic carbocycles. The van der Waals surface area contributed by atoms with E-state index in [9.17, 15) is 9.90 Å². The molecule has 1 amide bonds. The molecule has 0 bridgehead atoms. The highest BCUT2D eigenvalue weighted by atomic mass is 16.5. The van der Waals surface area contributed by atoms with Crippen LogP contribution < -0.4 is 15.0 Å². The van der Waals surface area contributed by atoms with Crippen LogP contribution in [0.2, 0.25) is 0 Å². The van der Waals surface area contributed by atoms with Crippen LogP contribution in [-0.4, -0.2) is 60.4 Å². The van der Waals surface area contributed by atoms with Crippen molar-refractivity contribution in [3.8, 4) is 11.5 Å². The predicted octanol–water partition coefficient (Wildman–Crippen LogP) is 1.52. The minimum Gasteiger partial charge on any atom is -0.504 e. The molecule has 2 N–H and O–H groups in total. The van der Waals surface area contributed by atoms with Crippen molar-refractivity contribution in [2.24, 2.45) is 0 Å². The largest absolute Gasteiger partial charge is 0.504 e. The Morgan fingerprint density at radius 1 is 1.33 bits per heavy atom. The van der Waals surface area contributed by atoms with E-state index in [2.05, 4.69) is 20.2 Å². The highest BCUT2D eigenvalue weighted by Crippen LogP contribution is 2.27. The Morgan fingerprint density at radius 2 is 2.15 bits per heavy atom. The van der Waals surface area contributed by atoms with Crippen molar-refractivity contribution >= 4 is 11.7 Å². The molecule has 1 aromatic heterocycles. The summed E-state index contributed by atoms with van der Waals surface area (Å²) < 4.78 is 10.6. The van der Waals surface area contributed by atoms with Crippen molar-refractivity contribution in [2.45, 2.75) is 25.5 Å². The van der Waals surface area contributed by atoms with E-state index >= 15 is 0 Å². The summed E-state index contributed by atoms with van der Waals surface area (Å²) in [7, 11) is 3.14. The molecule has 0 spiro atoms. The van der Waals surface area contributed by atoms with Crippen LogP contribution in [0, 0.1) is 6.92 Å². The number of rotatable bonds is 6. The number of ether oxygens (including phenoxy) is 2. The molecule has 2 heterocycles.